The number of carbonyl (C=O) groups is 1. The van der Waals surface area contributed by atoms with Crippen molar-refractivity contribution < 1.29 is 19.7 Å². The SMILES string of the molecule is Cn1ncc(C(O)C(O)CCNC(=O)OCC2c3ccccc3-c3ccccc32)c1N. The summed E-state index contributed by atoms with van der Waals surface area (Å²) in [7, 11) is 1.65. The van der Waals surface area contributed by atoms with Crippen LogP contribution in [0.1, 0.15) is 35.1 Å². The summed E-state index contributed by atoms with van der Waals surface area (Å²) in [5, 5.41) is 27.0. The zero-order valence-electron chi connectivity index (χ0n) is 17.2. The third-order valence-corrected chi connectivity index (χ3v) is 5.75. The normalized spacial score (nSPS) is 14.5. The van der Waals surface area contributed by atoms with Gasteiger partial charge < -0.3 is 26.0 Å². The molecule has 8 nitrogen and oxygen atoms in total. The molecular formula is C23H26N4O4. The minimum absolute atomic E-state index is 0.0147. The zero-order chi connectivity index (χ0) is 22.0. The standard InChI is InChI=1S/C23H26N4O4/c1-27-22(24)18(12-26-27)21(29)20(28)10-11-25-23(30)31-13-19-16-8-4-2-6-14(16)15-7-3-5-9-17(15)19/h2-9,12,19-21,28-29H,10-11,13,24H2,1H3,(H,25,30). The number of anilines is 1. The number of aryl methyl sites for hydroxylation is 1. The Hall–Kier alpha value is -3.36. The highest BCUT2D eigenvalue weighted by atomic mass is 16.5. The van der Waals surface area contributed by atoms with Gasteiger partial charge in [-0.3, -0.25) is 4.68 Å². The van der Waals surface area contributed by atoms with Gasteiger partial charge in [-0.2, -0.15) is 5.10 Å². The van der Waals surface area contributed by atoms with E-state index in [0.29, 0.717) is 5.56 Å². The Kier molecular flexibility index (Phi) is 5.92. The van der Waals surface area contributed by atoms with Crippen molar-refractivity contribution >= 4 is 11.9 Å². The second kappa shape index (κ2) is 8.79. The van der Waals surface area contributed by atoms with E-state index in [2.05, 4.69) is 34.7 Å². The first kappa shape index (κ1) is 20.9. The topological polar surface area (TPSA) is 123 Å². The fourth-order valence-corrected chi connectivity index (χ4v) is 4.03. The van der Waals surface area contributed by atoms with Crippen molar-refractivity contribution in [2.24, 2.45) is 7.05 Å². The summed E-state index contributed by atoms with van der Waals surface area (Å²) in [4.78, 5) is 12.2. The van der Waals surface area contributed by atoms with Gasteiger partial charge in [-0.05, 0) is 28.7 Å². The third-order valence-electron chi connectivity index (χ3n) is 5.75. The van der Waals surface area contributed by atoms with E-state index in [-0.39, 0.29) is 31.3 Å². The minimum atomic E-state index is -1.18. The Morgan fingerprint density at radius 3 is 2.35 bits per heavy atom. The smallest absolute Gasteiger partial charge is 0.407 e. The molecule has 1 heterocycles. The molecule has 1 aliphatic carbocycles. The highest BCUT2D eigenvalue weighted by Crippen LogP contribution is 2.44. The van der Waals surface area contributed by atoms with Crippen LogP contribution in [-0.2, 0) is 11.8 Å². The molecular weight excluding hydrogens is 396 g/mol. The number of amides is 1. The maximum absolute atomic E-state index is 12.2. The minimum Gasteiger partial charge on any atom is -0.449 e. The summed E-state index contributed by atoms with van der Waals surface area (Å²) in [5.41, 5.74) is 10.8. The summed E-state index contributed by atoms with van der Waals surface area (Å²) in [6.07, 6.45) is -1.29. The number of nitrogens with two attached hydrogens (primary N) is 1. The number of carbonyl (C=O) groups excluding carboxylic acids is 1. The van der Waals surface area contributed by atoms with E-state index in [4.69, 9.17) is 10.5 Å². The summed E-state index contributed by atoms with van der Waals surface area (Å²) in [6.45, 7) is 0.367. The van der Waals surface area contributed by atoms with Crippen LogP contribution >= 0.6 is 0 Å². The molecule has 2 atom stereocenters. The van der Waals surface area contributed by atoms with E-state index in [1.165, 1.54) is 22.0 Å². The monoisotopic (exact) mass is 422 g/mol. The molecule has 1 aliphatic rings. The second-order valence-electron chi connectivity index (χ2n) is 7.66. The number of aliphatic hydroxyl groups excluding tert-OH is 2. The summed E-state index contributed by atoms with van der Waals surface area (Å²) < 4.78 is 6.88. The first-order valence-electron chi connectivity index (χ1n) is 10.2. The molecule has 1 aromatic heterocycles. The first-order valence-corrected chi connectivity index (χ1v) is 10.2. The van der Waals surface area contributed by atoms with Gasteiger partial charge in [0.15, 0.2) is 0 Å². The summed E-state index contributed by atoms with van der Waals surface area (Å²) in [6, 6.07) is 16.3. The first-order chi connectivity index (χ1) is 15.0. The van der Waals surface area contributed by atoms with Crippen molar-refractivity contribution in [1.82, 2.24) is 15.1 Å². The maximum atomic E-state index is 12.2. The summed E-state index contributed by atoms with van der Waals surface area (Å²) >= 11 is 0. The molecule has 4 rings (SSSR count). The van der Waals surface area contributed by atoms with E-state index in [1.807, 2.05) is 24.3 Å². The molecule has 0 aliphatic heterocycles. The van der Waals surface area contributed by atoms with Crippen molar-refractivity contribution in [2.45, 2.75) is 24.5 Å². The number of nitrogens with zero attached hydrogens (tertiary/aromatic N) is 2. The van der Waals surface area contributed by atoms with Crippen LogP contribution in [-0.4, -0.2) is 45.3 Å². The highest BCUT2D eigenvalue weighted by Gasteiger charge is 2.29. The number of hydrogen-bond donors (Lipinski definition) is 4. The lowest BCUT2D eigenvalue weighted by atomic mass is 9.98. The number of alkyl carbamates (subject to hydrolysis) is 1. The zero-order valence-corrected chi connectivity index (χ0v) is 17.2. The molecule has 5 N–H and O–H groups in total. The van der Waals surface area contributed by atoms with Crippen molar-refractivity contribution in [1.29, 1.82) is 0 Å². The Balaban J connectivity index is 1.29. The molecule has 0 radical (unpaired) electrons. The molecule has 0 saturated carbocycles. The molecule has 0 fully saturated rings. The number of nitrogens with one attached hydrogen (secondary N) is 1. The van der Waals surface area contributed by atoms with Crippen LogP contribution < -0.4 is 11.1 Å². The number of benzene rings is 2. The molecule has 0 bridgehead atoms. The average molecular weight is 422 g/mol. The van der Waals surface area contributed by atoms with Gasteiger partial charge in [0.2, 0.25) is 0 Å². The van der Waals surface area contributed by atoms with Gasteiger partial charge in [0.1, 0.15) is 18.5 Å². The number of nitrogen functional groups attached to an aromatic ring is 1. The van der Waals surface area contributed by atoms with Crippen LogP contribution in [0, 0.1) is 0 Å². The lowest BCUT2D eigenvalue weighted by molar-refractivity contribution is 0.0140. The van der Waals surface area contributed by atoms with Gasteiger partial charge in [-0.25, -0.2) is 4.79 Å². The van der Waals surface area contributed by atoms with Gasteiger partial charge in [-0.15, -0.1) is 0 Å². The molecule has 162 valence electrons. The molecule has 1 amide bonds. The van der Waals surface area contributed by atoms with E-state index in [9.17, 15) is 15.0 Å². The van der Waals surface area contributed by atoms with Crippen LogP contribution in [0.4, 0.5) is 10.6 Å². The van der Waals surface area contributed by atoms with Gasteiger partial charge in [-0.1, -0.05) is 48.5 Å². The van der Waals surface area contributed by atoms with Crippen molar-refractivity contribution in [3.63, 3.8) is 0 Å². The van der Waals surface area contributed by atoms with Gasteiger partial charge >= 0.3 is 6.09 Å². The van der Waals surface area contributed by atoms with Crippen molar-refractivity contribution in [3.8, 4) is 11.1 Å². The van der Waals surface area contributed by atoms with Crippen LogP contribution in [0.5, 0.6) is 0 Å². The van der Waals surface area contributed by atoms with E-state index in [1.54, 1.807) is 7.05 Å². The maximum Gasteiger partial charge on any atom is 0.407 e. The number of aromatic nitrogens is 2. The lowest BCUT2D eigenvalue weighted by Crippen LogP contribution is -2.30. The van der Waals surface area contributed by atoms with E-state index in [0.717, 1.165) is 11.1 Å². The molecule has 0 saturated heterocycles. The molecule has 3 aromatic rings. The largest absolute Gasteiger partial charge is 0.449 e. The highest BCUT2D eigenvalue weighted by molar-refractivity contribution is 5.79. The van der Waals surface area contributed by atoms with E-state index < -0.39 is 18.3 Å². The fourth-order valence-electron chi connectivity index (χ4n) is 4.03. The van der Waals surface area contributed by atoms with Crippen molar-refractivity contribution in [3.05, 3.63) is 71.4 Å². The Labute approximate surface area is 180 Å². The number of rotatable bonds is 7. The van der Waals surface area contributed by atoms with Gasteiger partial charge in [0, 0.05) is 25.1 Å². The Morgan fingerprint density at radius 1 is 1.16 bits per heavy atom. The molecule has 2 unspecified atom stereocenters. The fraction of sp³-hybridized carbons (Fsp3) is 0.304. The summed E-state index contributed by atoms with van der Waals surface area (Å²) in [5.74, 6) is 0.273. The number of hydrogen-bond acceptors (Lipinski definition) is 6. The quantitative estimate of drug-likeness (QED) is 0.463. The molecule has 31 heavy (non-hydrogen) atoms. The van der Waals surface area contributed by atoms with Crippen LogP contribution in [0.25, 0.3) is 11.1 Å². The average Bonchev–Trinajstić information content (AvgIpc) is 3.29. The lowest BCUT2D eigenvalue weighted by Gasteiger charge is -2.18. The van der Waals surface area contributed by atoms with Crippen molar-refractivity contribution in [2.75, 3.05) is 18.9 Å². The van der Waals surface area contributed by atoms with Gasteiger partial charge in [0.25, 0.3) is 0 Å². The van der Waals surface area contributed by atoms with Crippen LogP contribution in [0.2, 0.25) is 0 Å². The number of fused-ring (bicyclic) bond motifs is 3. The molecule has 2 aromatic carbocycles. The van der Waals surface area contributed by atoms with Crippen LogP contribution in [0.15, 0.2) is 54.7 Å². The predicted molar refractivity (Wildman–Crippen MR) is 116 cm³/mol. The predicted octanol–water partition coefficient (Wildman–Crippen LogP) is 2.33. The van der Waals surface area contributed by atoms with E-state index >= 15 is 0 Å². The van der Waals surface area contributed by atoms with Gasteiger partial charge in [0.05, 0.1) is 12.3 Å². The molecule has 8 heteroatoms. The number of aliphatic hydroxyl groups is 2. The third kappa shape index (κ3) is 4.12. The number of ether oxygens (including phenoxy) is 1. The molecule has 0 spiro atoms. The Bertz CT molecular complexity index is 1040. The Morgan fingerprint density at radius 2 is 1.77 bits per heavy atom. The van der Waals surface area contributed by atoms with Crippen LogP contribution in [0.3, 0.4) is 0 Å². The second-order valence-corrected chi connectivity index (χ2v) is 7.66.